The zero-order chi connectivity index (χ0) is 27.0. The fraction of sp³-hybridized carbons (Fsp3) is 0.393. The highest BCUT2D eigenvalue weighted by molar-refractivity contribution is 7.85. The van der Waals surface area contributed by atoms with Crippen LogP contribution in [0.15, 0.2) is 36.4 Å². The first-order chi connectivity index (χ1) is 18.2. The number of halogens is 2. The van der Waals surface area contributed by atoms with Gasteiger partial charge in [0.05, 0.1) is 28.0 Å². The molecular weight excluding hydrogens is 543 g/mol. The quantitative estimate of drug-likeness (QED) is 0.363. The lowest BCUT2D eigenvalue weighted by Crippen LogP contribution is -2.42. The van der Waals surface area contributed by atoms with Crippen LogP contribution in [0, 0.1) is 12.3 Å². The van der Waals surface area contributed by atoms with Gasteiger partial charge >= 0.3 is 5.97 Å². The number of aryl methyl sites for hydroxylation is 1. The number of fused-ring (bicyclic) bond motifs is 1. The van der Waals surface area contributed by atoms with Crippen LogP contribution in [-0.4, -0.2) is 46.1 Å². The zero-order valence-electron chi connectivity index (χ0n) is 21.6. The number of nitrogens with one attached hydrogen (secondary N) is 1. The third-order valence-electron chi connectivity index (χ3n) is 7.45. The minimum atomic E-state index is -1.10. The molecule has 1 saturated heterocycles. The molecule has 1 aromatic heterocycles. The number of rotatable bonds is 6. The molecule has 0 bridgehead atoms. The predicted octanol–water partition coefficient (Wildman–Crippen LogP) is 6.03. The Hall–Kier alpha value is -2.68. The molecule has 1 aliphatic carbocycles. The second kappa shape index (κ2) is 10.8. The first-order valence-corrected chi connectivity index (χ1v) is 15.0. The minimum Gasteiger partial charge on any atom is -0.461 e. The van der Waals surface area contributed by atoms with Gasteiger partial charge in [-0.2, -0.15) is 0 Å². The highest BCUT2D eigenvalue weighted by atomic mass is 35.5. The van der Waals surface area contributed by atoms with E-state index >= 15 is 0 Å². The van der Waals surface area contributed by atoms with Crippen LogP contribution in [0.5, 0.6) is 0 Å². The Morgan fingerprint density at radius 2 is 1.87 bits per heavy atom. The van der Waals surface area contributed by atoms with E-state index in [1.165, 1.54) is 11.1 Å². The molecule has 7 nitrogen and oxygen atoms in total. The van der Waals surface area contributed by atoms with Crippen molar-refractivity contribution in [3.8, 4) is 11.3 Å². The number of carbonyl (C=O) groups is 1. The van der Waals surface area contributed by atoms with E-state index in [0.29, 0.717) is 32.8 Å². The Morgan fingerprint density at radius 1 is 1.13 bits per heavy atom. The molecule has 2 aliphatic rings. The van der Waals surface area contributed by atoms with Crippen molar-refractivity contribution in [1.29, 1.82) is 0 Å². The summed E-state index contributed by atoms with van der Waals surface area (Å²) in [4.78, 5) is 24.8. The number of carbonyl (C=O) groups excluding carboxylic acids is 1. The Bertz CT molecular complexity index is 1420. The van der Waals surface area contributed by atoms with Crippen LogP contribution < -0.4 is 9.62 Å². The van der Waals surface area contributed by atoms with Crippen LogP contribution in [0.4, 0.5) is 11.5 Å². The fourth-order valence-electron chi connectivity index (χ4n) is 5.62. The van der Waals surface area contributed by atoms with E-state index in [1.54, 1.807) is 25.3 Å². The van der Waals surface area contributed by atoms with Gasteiger partial charge in [0, 0.05) is 30.6 Å². The molecule has 3 aromatic rings. The maximum absolute atomic E-state index is 13.0. The molecule has 1 spiro atoms. The summed E-state index contributed by atoms with van der Waals surface area (Å²) in [7, 11) is -1.10. The second-order valence-electron chi connectivity index (χ2n) is 10.0. The second-order valence-corrected chi connectivity index (χ2v) is 11.9. The van der Waals surface area contributed by atoms with Gasteiger partial charge < -0.3 is 14.4 Å². The third kappa shape index (κ3) is 5.26. The van der Waals surface area contributed by atoms with Gasteiger partial charge in [-0.1, -0.05) is 41.4 Å². The molecule has 0 radical (unpaired) electrons. The first-order valence-electron chi connectivity index (χ1n) is 12.7. The van der Waals surface area contributed by atoms with E-state index in [2.05, 4.69) is 21.8 Å². The van der Waals surface area contributed by atoms with Crippen LogP contribution in [-0.2, 0) is 28.6 Å². The number of ether oxygens (including phenoxy) is 1. The number of nitrogens with zero attached hydrogens (tertiary/aromatic N) is 3. The zero-order valence-corrected chi connectivity index (χ0v) is 24.0. The van der Waals surface area contributed by atoms with Crippen LogP contribution in [0.1, 0.15) is 47.1 Å². The third-order valence-corrected chi connectivity index (χ3v) is 8.79. The Kier molecular flexibility index (Phi) is 7.67. The van der Waals surface area contributed by atoms with Gasteiger partial charge in [-0.25, -0.2) is 19.0 Å². The molecule has 2 heterocycles. The van der Waals surface area contributed by atoms with E-state index in [1.807, 2.05) is 19.1 Å². The highest BCUT2D eigenvalue weighted by Crippen LogP contribution is 2.46. The summed E-state index contributed by atoms with van der Waals surface area (Å²) in [5.74, 6) is 0.0430. The maximum atomic E-state index is 13.0. The van der Waals surface area contributed by atoms with Crippen molar-refractivity contribution in [2.45, 2.75) is 39.5 Å². The van der Waals surface area contributed by atoms with Crippen molar-refractivity contribution < 1.29 is 13.7 Å². The molecule has 1 unspecified atom stereocenters. The molecule has 1 aliphatic heterocycles. The van der Waals surface area contributed by atoms with Gasteiger partial charge in [0.2, 0.25) is 0 Å². The molecule has 10 heteroatoms. The van der Waals surface area contributed by atoms with Crippen LogP contribution in [0.2, 0.25) is 10.0 Å². The summed E-state index contributed by atoms with van der Waals surface area (Å²) in [5.41, 5.74) is 5.74. The average Bonchev–Trinajstić information content (AvgIpc) is 3.23. The molecule has 2 aromatic carbocycles. The van der Waals surface area contributed by atoms with Crippen LogP contribution in [0.25, 0.3) is 11.3 Å². The topological polar surface area (TPSA) is 84.4 Å². The van der Waals surface area contributed by atoms with Crippen molar-refractivity contribution in [3.63, 3.8) is 0 Å². The SMILES string of the molecule is CCOC(=O)c1nc(-c2cccc(Cl)c2Cl)c(C)nc1N1CCC2(CC1)Cc1ccc(NS(C)=O)cc1C2. The molecule has 38 heavy (non-hydrogen) atoms. The number of anilines is 2. The lowest BCUT2D eigenvalue weighted by Gasteiger charge is -2.40. The fourth-order valence-corrected chi connectivity index (χ4v) is 6.46. The maximum Gasteiger partial charge on any atom is 0.360 e. The Morgan fingerprint density at radius 3 is 2.58 bits per heavy atom. The summed E-state index contributed by atoms with van der Waals surface area (Å²) < 4.78 is 20.0. The predicted molar refractivity (Wildman–Crippen MR) is 154 cm³/mol. The Balaban J connectivity index is 1.41. The molecule has 0 saturated carbocycles. The highest BCUT2D eigenvalue weighted by Gasteiger charge is 2.41. The number of aromatic nitrogens is 2. The molecule has 1 atom stereocenters. The monoisotopic (exact) mass is 572 g/mol. The van der Waals surface area contributed by atoms with Crippen LogP contribution >= 0.6 is 23.2 Å². The van der Waals surface area contributed by atoms with Gasteiger partial charge in [0.25, 0.3) is 0 Å². The van der Waals surface area contributed by atoms with Crippen LogP contribution in [0.3, 0.4) is 0 Å². The Labute approximate surface area is 235 Å². The number of hydrogen-bond donors (Lipinski definition) is 1. The largest absolute Gasteiger partial charge is 0.461 e. The summed E-state index contributed by atoms with van der Waals surface area (Å²) in [5, 5.41) is 0.787. The number of piperidine rings is 1. The van der Waals surface area contributed by atoms with E-state index in [0.717, 1.165) is 44.5 Å². The molecular formula is C28H30Cl2N4O3S. The smallest absolute Gasteiger partial charge is 0.360 e. The summed E-state index contributed by atoms with van der Waals surface area (Å²) in [6, 6.07) is 11.6. The van der Waals surface area contributed by atoms with E-state index in [-0.39, 0.29) is 17.7 Å². The van der Waals surface area contributed by atoms with Crippen molar-refractivity contribution in [2.75, 3.05) is 35.6 Å². The molecule has 1 fully saturated rings. The van der Waals surface area contributed by atoms with Gasteiger partial charge in [0.1, 0.15) is 11.0 Å². The lowest BCUT2D eigenvalue weighted by atomic mass is 9.76. The van der Waals surface area contributed by atoms with Gasteiger partial charge in [-0.15, -0.1) is 0 Å². The minimum absolute atomic E-state index is 0.170. The number of benzene rings is 2. The lowest BCUT2D eigenvalue weighted by molar-refractivity contribution is 0.0519. The molecule has 1 N–H and O–H groups in total. The first kappa shape index (κ1) is 26.9. The van der Waals surface area contributed by atoms with Gasteiger partial charge in [0.15, 0.2) is 11.5 Å². The molecule has 0 amide bonds. The number of esters is 1. The average molecular weight is 574 g/mol. The standard InChI is InChI=1S/C28H30Cl2N4O3S/c1-4-37-27(35)25-26(31-17(2)24(32-25)21-6-5-7-22(29)23(21)30)34-12-10-28(11-13-34)15-18-8-9-20(33-38(3)36)14-19(18)16-28/h5-9,14,33H,4,10-13,15-16H2,1-3H3. The summed E-state index contributed by atoms with van der Waals surface area (Å²) in [6.45, 7) is 5.40. The number of hydrogen-bond acceptors (Lipinski definition) is 6. The normalized spacial score (nSPS) is 16.8. The van der Waals surface area contributed by atoms with E-state index < -0.39 is 17.0 Å². The van der Waals surface area contributed by atoms with E-state index in [4.69, 9.17) is 37.9 Å². The van der Waals surface area contributed by atoms with Crippen molar-refractivity contribution in [2.24, 2.45) is 5.41 Å². The molecule has 200 valence electrons. The summed E-state index contributed by atoms with van der Waals surface area (Å²) in [6.07, 6.45) is 5.58. The van der Waals surface area contributed by atoms with Crippen molar-refractivity contribution in [3.05, 3.63) is 69.0 Å². The van der Waals surface area contributed by atoms with Crippen molar-refractivity contribution in [1.82, 2.24) is 9.97 Å². The van der Waals surface area contributed by atoms with Gasteiger partial charge in [-0.3, -0.25) is 0 Å². The molecule has 5 rings (SSSR count). The van der Waals surface area contributed by atoms with E-state index in [9.17, 15) is 9.00 Å². The van der Waals surface area contributed by atoms with Gasteiger partial charge in [-0.05, 0) is 74.3 Å². The summed E-state index contributed by atoms with van der Waals surface area (Å²) >= 11 is 12.7. The van der Waals surface area contributed by atoms with Crippen molar-refractivity contribution >= 4 is 51.7 Å².